The quantitative estimate of drug-likeness (QED) is 0.605. The first kappa shape index (κ1) is 16.1. The van der Waals surface area contributed by atoms with E-state index in [1.807, 2.05) is 60.7 Å². The van der Waals surface area contributed by atoms with Crippen LogP contribution in [0.15, 0.2) is 77.6 Å². The summed E-state index contributed by atoms with van der Waals surface area (Å²) in [6, 6.07) is 23.8. The summed E-state index contributed by atoms with van der Waals surface area (Å²) in [5.41, 5.74) is 3.20. The molecular formula is C22H18N2O2. The van der Waals surface area contributed by atoms with Crippen LogP contribution in [0.1, 0.15) is 11.1 Å². The summed E-state index contributed by atoms with van der Waals surface area (Å²) in [6.45, 7) is 0. The van der Waals surface area contributed by atoms with E-state index >= 15 is 0 Å². The fourth-order valence-electron chi connectivity index (χ4n) is 3.21. The number of fused-ring (bicyclic) bond motifs is 1. The van der Waals surface area contributed by atoms with Gasteiger partial charge >= 0.3 is 0 Å². The molecule has 1 heterocycles. The van der Waals surface area contributed by atoms with E-state index in [-0.39, 0.29) is 5.56 Å². The van der Waals surface area contributed by atoms with Crippen molar-refractivity contribution < 1.29 is 4.74 Å². The molecule has 0 saturated carbocycles. The molecule has 1 N–H and O–H groups in total. The molecule has 4 nitrogen and oxygen atoms in total. The van der Waals surface area contributed by atoms with E-state index in [9.17, 15) is 4.79 Å². The first-order valence-electron chi connectivity index (χ1n) is 8.45. The molecule has 0 unspecified atom stereocenters. The number of hydrogen-bond donors (Lipinski definition) is 1. The van der Waals surface area contributed by atoms with E-state index in [2.05, 4.69) is 22.3 Å². The first-order valence-corrected chi connectivity index (χ1v) is 8.45. The molecule has 0 amide bonds. The second-order valence-electron chi connectivity index (χ2n) is 6.12. The van der Waals surface area contributed by atoms with Crippen molar-refractivity contribution in [2.75, 3.05) is 7.11 Å². The van der Waals surface area contributed by atoms with Crippen molar-refractivity contribution in [3.05, 3.63) is 94.3 Å². The van der Waals surface area contributed by atoms with Crippen molar-refractivity contribution >= 4 is 10.8 Å². The van der Waals surface area contributed by atoms with Gasteiger partial charge in [-0.25, -0.2) is 5.10 Å². The highest BCUT2D eigenvalue weighted by Gasteiger charge is 2.12. The molecular weight excluding hydrogens is 324 g/mol. The summed E-state index contributed by atoms with van der Waals surface area (Å²) in [4.78, 5) is 12.4. The maximum atomic E-state index is 12.4. The van der Waals surface area contributed by atoms with Crippen molar-refractivity contribution in [3.8, 4) is 17.0 Å². The smallest absolute Gasteiger partial charge is 0.267 e. The van der Waals surface area contributed by atoms with Crippen LogP contribution in [0.25, 0.3) is 22.0 Å². The maximum Gasteiger partial charge on any atom is 0.267 e. The topological polar surface area (TPSA) is 55.0 Å². The number of benzene rings is 3. The predicted molar refractivity (Wildman–Crippen MR) is 104 cm³/mol. The normalized spacial score (nSPS) is 10.8. The molecule has 0 aliphatic rings. The molecule has 4 rings (SSSR count). The van der Waals surface area contributed by atoms with Crippen LogP contribution in [-0.4, -0.2) is 17.3 Å². The number of nitrogens with zero attached hydrogens (tertiary/aromatic N) is 1. The third-order valence-electron chi connectivity index (χ3n) is 4.53. The lowest BCUT2D eigenvalue weighted by Gasteiger charge is -2.12. The third-order valence-corrected chi connectivity index (χ3v) is 4.53. The summed E-state index contributed by atoms with van der Waals surface area (Å²) in [6.07, 6.45) is 0.474. The van der Waals surface area contributed by atoms with Gasteiger partial charge < -0.3 is 4.74 Å². The summed E-state index contributed by atoms with van der Waals surface area (Å²) < 4.78 is 5.55. The summed E-state index contributed by atoms with van der Waals surface area (Å²) >= 11 is 0. The zero-order valence-electron chi connectivity index (χ0n) is 14.4. The number of rotatable bonds is 4. The molecule has 0 fully saturated rings. The van der Waals surface area contributed by atoms with E-state index in [1.165, 1.54) is 0 Å². The van der Waals surface area contributed by atoms with Crippen LogP contribution in [0.3, 0.4) is 0 Å². The van der Waals surface area contributed by atoms with Crippen LogP contribution in [0, 0.1) is 0 Å². The van der Waals surface area contributed by atoms with Crippen molar-refractivity contribution in [2.45, 2.75) is 6.42 Å². The number of methoxy groups -OCH3 is 1. The lowest BCUT2D eigenvalue weighted by molar-refractivity contribution is 0.411. The van der Waals surface area contributed by atoms with Crippen molar-refractivity contribution in [1.82, 2.24) is 10.2 Å². The van der Waals surface area contributed by atoms with Gasteiger partial charge in [0.05, 0.1) is 12.8 Å². The molecule has 0 saturated heterocycles. The number of hydrogen-bond acceptors (Lipinski definition) is 3. The van der Waals surface area contributed by atoms with Crippen LogP contribution in [0.4, 0.5) is 0 Å². The SMILES string of the molecule is COc1ccc2ccccc2c1Cc1cc(-c2ccccc2)n[nH]c1=O. The van der Waals surface area contributed by atoms with Crippen molar-refractivity contribution in [3.63, 3.8) is 0 Å². The standard InChI is InChI=1S/C22H18N2O2/c1-26-21-12-11-15-7-5-6-10-18(15)19(21)13-17-14-20(23-24-22(17)25)16-8-3-2-4-9-16/h2-12,14H,13H2,1H3,(H,24,25). The third kappa shape index (κ3) is 2.97. The highest BCUT2D eigenvalue weighted by atomic mass is 16.5. The van der Waals surface area contributed by atoms with Crippen LogP contribution in [0.5, 0.6) is 5.75 Å². The number of H-pyrrole nitrogens is 1. The van der Waals surface area contributed by atoms with Crippen LogP contribution in [-0.2, 0) is 6.42 Å². The van der Waals surface area contributed by atoms with E-state index in [1.54, 1.807) is 7.11 Å². The Morgan fingerprint density at radius 1 is 0.962 bits per heavy atom. The fraction of sp³-hybridized carbons (Fsp3) is 0.0909. The lowest BCUT2D eigenvalue weighted by Crippen LogP contribution is -2.15. The summed E-state index contributed by atoms with van der Waals surface area (Å²) in [5, 5.41) is 9.02. The van der Waals surface area contributed by atoms with Gasteiger partial charge in [0.1, 0.15) is 5.75 Å². The highest BCUT2D eigenvalue weighted by Crippen LogP contribution is 2.30. The summed E-state index contributed by atoms with van der Waals surface area (Å²) in [5.74, 6) is 0.779. The largest absolute Gasteiger partial charge is 0.496 e. The summed E-state index contributed by atoms with van der Waals surface area (Å²) in [7, 11) is 1.65. The molecule has 128 valence electrons. The Hall–Kier alpha value is -3.40. The number of aromatic amines is 1. The number of ether oxygens (including phenoxy) is 1. The second kappa shape index (κ2) is 6.84. The molecule has 26 heavy (non-hydrogen) atoms. The fourth-order valence-corrected chi connectivity index (χ4v) is 3.21. The molecule has 1 aromatic heterocycles. The molecule has 0 radical (unpaired) electrons. The van der Waals surface area contributed by atoms with Gasteiger partial charge in [-0.15, -0.1) is 0 Å². The van der Waals surface area contributed by atoms with Crippen LogP contribution >= 0.6 is 0 Å². The number of nitrogens with one attached hydrogen (secondary N) is 1. The highest BCUT2D eigenvalue weighted by molar-refractivity contribution is 5.88. The van der Waals surface area contributed by atoms with Gasteiger partial charge in [0.2, 0.25) is 0 Å². The Morgan fingerprint density at radius 3 is 2.54 bits per heavy atom. The van der Waals surface area contributed by atoms with E-state index < -0.39 is 0 Å². The van der Waals surface area contributed by atoms with Gasteiger partial charge in [0.15, 0.2) is 0 Å². The molecule has 0 aliphatic carbocycles. The molecule has 3 aromatic carbocycles. The Balaban J connectivity index is 1.83. The zero-order chi connectivity index (χ0) is 17.9. The van der Waals surface area contributed by atoms with Crippen molar-refractivity contribution in [2.24, 2.45) is 0 Å². The average molecular weight is 342 g/mol. The Labute approximate surface area is 151 Å². The Bertz CT molecular complexity index is 1120. The van der Waals surface area contributed by atoms with E-state index in [4.69, 9.17) is 4.74 Å². The zero-order valence-corrected chi connectivity index (χ0v) is 14.4. The van der Waals surface area contributed by atoms with Crippen LogP contribution < -0.4 is 10.3 Å². The number of aromatic nitrogens is 2. The monoisotopic (exact) mass is 342 g/mol. The second-order valence-corrected chi connectivity index (χ2v) is 6.12. The molecule has 0 spiro atoms. The molecule has 0 aliphatic heterocycles. The Kier molecular flexibility index (Phi) is 4.23. The van der Waals surface area contributed by atoms with Gasteiger partial charge in [-0.3, -0.25) is 4.79 Å². The van der Waals surface area contributed by atoms with E-state index in [0.717, 1.165) is 33.3 Å². The molecule has 4 heteroatoms. The van der Waals surface area contributed by atoms with Gasteiger partial charge in [0.25, 0.3) is 5.56 Å². The van der Waals surface area contributed by atoms with Gasteiger partial charge in [-0.05, 0) is 22.9 Å². The molecule has 0 atom stereocenters. The Morgan fingerprint density at radius 2 is 1.73 bits per heavy atom. The molecule has 0 bridgehead atoms. The van der Waals surface area contributed by atoms with Gasteiger partial charge in [-0.1, -0.05) is 60.7 Å². The minimum atomic E-state index is -0.181. The average Bonchev–Trinajstić information content (AvgIpc) is 2.70. The minimum absolute atomic E-state index is 0.181. The first-order chi connectivity index (χ1) is 12.8. The van der Waals surface area contributed by atoms with Gasteiger partial charge in [0, 0.05) is 23.1 Å². The minimum Gasteiger partial charge on any atom is -0.496 e. The predicted octanol–water partition coefficient (Wildman–Crippen LogP) is 4.19. The lowest BCUT2D eigenvalue weighted by atomic mass is 9.97. The molecule has 4 aromatic rings. The van der Waals surface area contributed by atoms with Gasteiger partial charge in [-0.2, -0.15) is 5.10 Å². The van der Waals surface area contributed by atoms with E-state index in [0.29, 0.717) is 12.0 Å². The van der Waals surface area contributed by atoms with Crippen molar-refractivity contribution in [1.29, 1.82) is 0 Å². The maximum absolute atomic E-state index is 12.4. The van der Waals surface area contributed by atoms with Crippen LogP contribution in [0.2, 0.25) is 0 Å².